The van der Waals surface area contributed by atoms with Crippen LogP contribution in [0.15, 0.2) is 108 Å². The van der Waals surface area contributed by atoms with Gasteiger partial charge in [0.1, 0.15) is 23.3 Å². The van der Waals surface area contributed by atoms with Crippen LogP contribution in [-0.4, -0.2) is 0 Å². The first-order valence-electron chi connectivity index (χ1n) is 15.0. The van der Waals surface area contributed by atoms with Gasteiger partial charge in [-0.05, 0) is 89.8 Å². The van der Waals surface area contributed by atoms with E-state index < -0.39 is 81.3 Å². The molecule has 2 N–H and O–H groups in total. The summed E-state index contributed by atoms with van der Waals surface area (Å²) in [5.41, 5.74) is -1.45. The molecule has 5 aromatic carbocycles. The van der Waals surface area contributed by atoms with Gasteiger partial charge in [0.2, 0.25) is 0 Å². The van der Waals surface area contributed by atoms with Crippen LogP contribution in [0, 0.1) is 34.6 Å². The van der Waals surface area contributed by atoms with E-state index in [1.54, 1.807) is 30.3 Å². The summed E-state index contributed by atoms with van der Waals surface area (Å²) >= 11 is 2.77. The molecule has 0 saturated heterocycles. The lowest BCUT2D eigenvalue weighted by atomic mass is 9.78. The Bertz CT molecular complexity index is 2150. The second-order valence-corrected chi connectivity index (χ2v) is 12.4. The largest absolute Gasteiger partial charge is 0.419 e. The van der Waals surface area contributed by atoms with Crippen LogP contribution in [0.5, 0.6) is 0 Å². The lowest BCUT2D eigenvalue weighted by molar-refractivity contribution is -0.140. The van der Waals surface area contributed by atoms with Gasteiger partial charge in [0, 0.05) is 4.47 Å². The molecule has 306 valence electrons. The number of nitrogens with two attached hydrogens (primary N) is 1. The van der Waals surface area contributed by atoms with Gasteiger partial charge < -0.3 is 5.73 Å². The minimum Gasteiger partial charge on any atom is -0.317 e. The van der Waals surface area contributed by atoms with E-state index in [1.807, 2.05) is 0 Å². The van der Waals surface area contributed by atoms with E-state index in [9.17, 15) is 70.2 Å². The van der Waals surface area contributed by atoms with Crippen LogP contribution in [0.4, 0.5) is 70.2 Å². The fraction of sp³-hybridized carbons (Fsp3) is 0.184. The summed E-state index contributed by atoms with van der Waals surface area (Å²) in [5.74, 6) is -5.09. The van der Waals surface area contributed by atoms with E-state index in [2.05, 4.69) is 15.9 Å². The standard InChI is InChI=1S/C22H15F8N.C8H3F4N.C7H3BrF4.CH4/c23-17-9-15(8-16(10-17)21(25,26)27)20(31,12-13-4-2-1-3-5-13)14-6-7-19(24)18(11-14)22(28,29)30;9-7-2-1-5(4-13)3-6(7)8(10,11)12;8-5-1-4(7(10,11)12)2-6(9)3-5;/h1-11H,12,31H2;1-3H;1-3H;1H4. The second-order valence-electron chi connectivity index (χ2n) is 11.5. The monoisotopic (exact) mass is 892 g/mol. The van der Waals surface area contributed by atoms with Crippen LogP contribution in [0.2, 0.25) is 0 Å². The predicted molar refractivity (Wildman–Crippen MR) is 180 cm³/mol. The van der Waals surface area contributed by atoms with Gasteiger partial charge in [0.25, 0.3) is 0 Å². The topological polar surface area (TPSA) is 49.8 Å². The number of benzene rings is 5. The number of rotatable bonds is 4. The zero-order valence-electron chi connectivity index (χ0n) is 27.5. The average molecular weight is 894 g/mol. The highest BCUT2D eigenvalue weighted by atomic mass is 79.9. The number of nitriles is 1. The quantitative estimate of drug-likeness (QED) is 0.183. The maximum Gasteiger partial charge on any atom is 0.419 e. The van der Waals surface area contributed by atoms with Gasteiger partial charge in [0.05, 0.1) is 39.4 Å². The highest BCUT2D eigenvalue weighted by molar-refractivity contribution is 9.10. The number of alkyl halides is 12. The Kier molecular flexibility index (Phi) is 15.6. The molecule has 57 heavy (non-hydrogen) atoms. The van der Waals surface area contributed by atoms with Crippen LogP contribution in [0.1, 0.15) is 51.9 Å². The minimum absolute atomic E-state index is 0. The Morgan fingerprint density at radius 3 is 1.44 bits per heavy atom. The molecule has 0 heterocycles. The number of halogens is 17. The van der Waals surface area contributed by atoms with Gasteiger partial charge >= 0.3 is 24.7 Å². The molecule has 1 unspecified atom stereocenters. The van der Waals surface area contributed by atoms with Crippen LogP contribution in [0.3, 0.4) is 0 Å². The normalized spacial score (nSPS) is 12.8. The van der Waals surface area contributed by atoms with Crippen molar-refractivity contribution in [3.05, 3.63) is 175 Å². The maximum absolute atomic E-state index is 14.1. The average Bonchev–Trinajstić information content (AvgIpc) is 3.07. The molecule has 0 aromatic heterocycles. The van der Waals surface area contributed by atoms with Gasteiger partial charge in [-0.1, -0.05) is 59.8 Å². The third-order valence-corrected chi connectivity index (χ3v) is 7.90. The zero-order chi connectivity index (χ0) is 42.4. The van der Waals surface area contributed by atoms with Crippen molar-refractivity contribution >= 4 is 15.9 Å². The molecule has 1 atom stereocenters. The van der Waals surface area contributed by atoms with Crippen molar-refractivity contribution in [1.29, 1.82) is 5.26 Å². The van der Waals surface area contributed by atoms with Crippen molar-refractivity contribution in [1.82, 2.24) is 0 Å². The molecule has 0 aliphatic rings. The molecule has 0 fully saturated rings. The molecule has 0 bridgehead atoms. The Labute approximate surface area is 322 Å². The first-order chi connectivity index (χ1) is 25.6. The second kappa shape index (κ2) is 18.4. The van der Waals surface area contributed by atoms with Crippen molar-refractivity contribution < 1.29 is 70.2 Å². The van der Waals surface area contributed by atoms with Crippen molar-refractivity contribution in [2.75, 3.05) is 0 Å². The first-order valence-corrected chi connectivity index (χ1v) is 15.8. The molecule has 0 saturated carbocycles. The smallest absolute Gasteiger partial charge is 0.317 e. The molecule has 0 aliphatic heterocycles. The van der Waals surface area contributed by atoms with Crippen LogP contribution in [0.25, 0.3) is 0 Å². The van der Waals surface area contributed by atoms with Gasteiger partial charge in [0.15, 0.2) is 0 Å². The summed E-state index contributed by atoms with van der Waals surface area (Å²) in [6, 6.07) is 17.4. The molecule has 5 aromatic rings. The summed E-state index contributed by atoms with van der Waals surface area (Å²) < 4.78 is 204. The van der Waals surface area contributed by atoms with Crippen molar-refractivity contribution in [3.8, 4) is 6.07 Å². The first kappa shape index (κ1) is 48.1. The van der Waals surface area contributed by atoms with Crippen LogP contribution < -0.4 is 5.73 Å². The summed E-state index contributed by atoms with van der Waals surface area (Å²) in [7, 11) is 0. The van der Waals surface area contributed by atoms with E-state index in [4.69, 9.17) is 11.0 Å². The molecule has 19 heteroatoms. The van der Waals surface area contributed by atoms with Crippen molar-refractivity contribution in [2.45, 2.75) is 44.1 Å². The zero-order valence-corrected chi connectivity index (χ0v) is 29.1. The Balaban J connectivity index is 0.000000354. The van der Waals surface area contributed by atoms with Crippen LogP contribution in [-0.2, 0) is 36.7 Å². The van der Waals surface area contributed by atoms with E-state index in [0.717, 1.165) is 30.3 Å². The Morgan fingerprint density at radius 2 is 0.965 bits per heavy atom. The Hall–Kier alpha value is -5.09. The van der Waals surface area contributed by atoms with Crippen molar-refractivity contribution in [3.63, 3.8) is 0 Å². The SMILES string of the molecule is C.Fc1cc(Br)cc(C(F)(F)F)c1.N#Cc1ccc(F)c(C(F)(F)F)c1.NC(Cc1ccccc1)(c1cc(F)cc(C(F)(F)F)c1)c1ccc(F)c(C(F)(F)F)c1. The fourth-order valence-corrected chi connectivity index (χ4v) is 5.31. The van der Waals surface area contributed by atoms with E-state index in [0.29, 0.717) is 42.0 Å². The fourth-order valence-electron chi connectivity index (χ4n) is 4.85. The van der Waals surface area contributed by atoms with Gasteiger partial charge in [-0.3, -0.25) is 0 Å². The third-order valence-electron chi connectivity index (χ3n) is 7.44. The molecule has 0 spiro atoms. The molecular weight excluding hydrogens is 868 g/mol. The summed E-state index contributed by atoms with van der Waals surface area (Å²) in [6.45, 7) is 0. The van der Waals surface area contributed by atoms with Gasteiger partial charge in [-0.2, -0.15) is 57.9 Å². The molecule has 5 rings (SSSR count). The van der Waals surface area contributed by atoms with E-state index >= 15 is 0 Å². The third kappa shape index (κ3) is 13.2. The van der Waals surface area contributed by atoms with E-state index in [-0.39, 0.29) is 35.5 Å². The minimum atomic E-state index is -5.06. The number of nitrogens with zero attached hydrogens (tertiary/aromatic N) is 1. The number of hydrogen-bond acceptors (Lipinski definition) is 2. The summed E-state index contributed by atoms with van der Waals surface area (Å²) in [5, 5.41) is 8.28. The lowest BCUT2D eigenvalue weighted by Crippen LogP contribution is -2.41. The highest BCUT2D eigenvalue weighted by Crippen LogP contribution is 2.40. The lowest BCUT2D eigenvalue weighted by Gasteiger charge is -2.32. The molecule has 0 aliphatic carbocycles. The van der Waals surface area contributed by atoms with Crippen molar-refractivity contribution in [2.24, 2.45) is 5.73 Å². The van der Waals surface area contributed by atoms with E-state index in [1.165, 1.54) is 6.07 Å². The molecule has 0 radical (unpaired) electrons. The molecule has 2 nitrogen and oxygen atoms in total. The molecule has 0 amide bonds. The summed E-state index contributed by atoms with van der Waals surface area (Å²) in [4.78, 5) is 0. The van der Waals surface area contributed by atoms with Crippen LogP contribution >= 0.6 is 15.9 Å². The van der Waals surface area contributed by atoms with Gasteiger partial charge in [-0.25, -0.2) is 17.6 Å². The highest BCUT2D eigenvalue weighted by Gasteiger charge is 2.40. The summed E-state index contributed by atoms with van der Waals surface area (Å²) in [6.07, 6.45) is -19.5. The Morgan fingerprint density at radius 1 is 0.509 bits per heavy atom. The maximum atomic E-state index is 14.1. The predicted octanol–water partition coefficient (Wildman–Crippen LogP) is 13.4. The number of hydrogen-bond donors (Lipinski definition) is 1. The van der Waals surface area contributed by atoms with Gasteiger partial charge in [-0.15, -0.1) is 0 Å². The molecular formula is C38H25BrF16N2.